The summed E-state index contributed by atoms with van der Waals surface area (Å²) in [6, 6.07) is 15.6. The van der Waals surface area contributed by atoms with E-state index in [1.54, 1.807) is 12.1 Å². The Balaban J connectivity index is 1.72. The summed E-state index contributed by atoms with van der Waals surface area (Å²) in [7, 11) is 0. The van der Waals surface area contributed by atoms with Crippen LogP contribution in [0, 0.1) is 5.92 Å². The summed E-state index contributed by atoms with van der Waals surface area (Å²) < 4.78 is 5.10. The number of amides is 1. The Morgan fingerprint density at radius 3 is 2.59 bits per heavy atom. The van der Waals surface area contributed by atoms with Crippen LogP contribution in [0.5, 0.6) is 0 Å². The highest BCUT2D eigenvalue weighted by atomic mass is 16.5. The van der Waals surface area contributed by atoms with Gasteiger partial charge in [0.05, 0.1) is 0 Å². The molecule has 1 unspecified atom stereocenters. The highest BCUT2D eigenvalue weighted by molar-refractivity contribution is 5.96. The smallest absolute Gasteiger partial charge is 0.308 e. The normalized spacial score (nSPS) is 18.1. The average Bonchev–Trinajstić information content (AvgIpc) is 3.43. The van der Waals surface area contributed by atoms with Crippen molar-refractivity contribution >= 4 is 29.4 Å². The molecule has 0 bridgehead atoms. The fourth-order valence-electron chi connectivity index (χ4n) is 3.23. The third-order valence-corrected chi connectivity index (χ3v) is 4.59. The predicted molar refractivity (Wildman–Crippen MR) is 108 cm³/mol. The lowest BCUT2D eigenvalue weighted by atomic mass is 10.0. The first-order chi connectivity index (χ1) is 13.0. The molecule has 138 valence electrons. The molecule has 1 aliphatic rings. The average molecular weight is 361 g/mol. The molecule has 4 nitrogen and oxygen atoms in total. The third-order valence-electron chi connectivity index (χ3n) is 4.59. The van der Waals surface area contributed by atoms with Gasteiger partial charge in [-0.3, -0.25) is 9.59 Å². The van der Waals surface area contributed by atoms with Gasteiger partial charge in [-0.15, -0.1) is 0 Å². The molecule has 2 atom stereocenters. The van der Waals surface area contributed by atoms with Gasteiger partial charge in [0.15, 0.2) is 0 Å². The minimum absolute atomic E-state index is 0.00764. The highest BCUT2D eigenvalue weighted by Gasteiger charge is 2.43. The van der Waals surface area contributed by atoms with Crippen molar-refractivity contribution in [2.24, 2.45) is 5.92 Å². The monoisotopic (exact) mass is 361 g/mol. The number of carbonyl (C=O) groups excluding carboxylic acids is 2. The molecule has 0 aliphatic heterocycles. The van der Waals surface area contributed by atoms with Crippen molar-refractivity contribution in [1.82, 2.24) is 0 Å². The van der Waals surface area contributed by atoms with E-state index >= 15 is 0 Å². The van der Waals surface area contributed by atoms with Crippen molar-refractivity contribution < 1.29 is 14.3 Å². The summed E-state index contributed by atoms with van der Waals surface area (Å²) in [6.45, 7) is 7.06. The van der Waals surface area contributed by atoms with Crippen molar-refractivity contribution in [2.45, 2.75) is 26.2 Å². The van der Waals surface area contributed by atoms with Crippen LogP contribution >= 0.6 is 0 Å². The molecule has 2 aromatic carbocycles. The van der Waals surface area contributed by atoms with Crippen molar-refractivity contribution in [3.8, 4) is 0 Å². The van der Waals surface area contributed by atoms with Crippen LogP contribution in [0.15, 0.2) is 61.2 Å². The SMILES string of the molecule is C=C(OC(C)=O)c1ccc(NC(=O)C2C[C@H]2c2ccccc2)cc1/C=C\C. The van der Waals surface area contributed by atoms with Gasteiger partial charge in [-0.25, -0.2) is 0 Å². The number of benzene rings is 2. The third kappa shape index (κ3) is 4.53. The first-order valence-electron chi connectivity index (χ1n) is 9.00. The maximum atomic E-state index is 12.6. The van der Waals surface area contributed by atoms with Gasteiger partial charge in [-0.1, -0.05) is 49.1 Å². The molecule has 0 radical (unpaired) electrons. The zero-order valence-corrected chi connectivity index (χ0v) is 15.6. The van der Waals surface area contributed by atoms with Gasteiger partial charge >= 0.3 is 5.97 Å². The van der Waals surface area contributed by atoms with Gasteiger partial charge < -0.3 is 10.1 Å². The molecule has 1 amide bonds. The van der Waals surface area contributed by atoms with Gasteiger partial charge in [0.1, 0.15) is 5.76 Å². The number of hydrogen-bond acceptors (Lipinski definition) is 3. The summed E-state index contributed by atoms with van der Waals surface area (Å²) in [4.78, 5) is 23.8. The number of ether oxygens (including phenoxy) is 1. The molecular formula is C23H23NO3. The van der Waals surface area contributed by atoms with E-state index in [1.165, 1.54) is 12.5 Å². The molecule has 0 spiro atoms. The van der Waals surface area contributed by atoms with E-state index in [0.29, 0.717) is 17.4 Å². The van der Waals surface area contributed by atoms with Crippen molar-refractivity contribution in [2.75, 3.05) is 5.32 Å². The number of hydrogen-bond donors (Lipinski definition) is 1. The number of carbonyl (C=O) groups is 2. The number of anilines is 1. The molecule has 3 rings (SSSR count). The molecule has 27 heavy (non-hydrogen) atoms. The molecule has 1 aliphatic carbocycles. The maximum absolute atomic E-state index is 12.6. The fourth-order valence-corrected chi connectivity index (χ4v) is 3.23. The van der Waals surface area contributed by atoms with Gasteiger partial charge in [0.25, 0.3) is 0 Å². The van der Waals surface area contributed by atoms with Gasteiger partial charge in [0, 0.05) is 24.1 Å². The summed E-state index contributed by atoms with van der Waals surface area (Å²) >= 11 is 0. The molecule has 1 fully saturated rings. The van der Waals surface area contributed by atoms with Crippen LogP contribution in [0.4, 0.5) is 5.69 Å². The Kier molecular flexibility index (Phi) is 5.55. The van der Waals surface area contributed by atoms with Crippen molar-refractivity contribution in [3.63, 3.8) is 0 Å². The molecule has 2 aromatic rings. The first kappa shape index (κ1) is 18.6. The highest BCUT2D eigenvalue weighted by Crippen LogP contribution is 2.47. The van der Waals surface area contributed by atoms with Gasteiger partial charge in [-0.2, -0.15) is 0 Å². The maximum Gasteiger partial charge on any atom is 0.308 e. The van der Waals surface area contributed by atoms with E-state index in [1.807, 2.05) is 43.3 Å². The Morgan fingerprint density at radius 2 is 1.93 bits per heavy atom. The summed E-state index contributed by atoms with van der Waals surface area (Å²) in [6.07, 6.45) is 4.65. The zero-order valence-electron chi connectivity index (χ0n) is 15.6. The summed E-state index contributed by atoms with van der Waals surface area (Å²) in [5.41, 5.74) is 3.47. The molecule has 0 heterocycles. The van der Waals surface area contributed by atoms with Crippen LogP contribution in [0.25, 0.3) is 11.8 Å². The molecule has 1 N–H and O–H groups in total. The quantitative estimate of drug-likeness (QED) is 0.582. The summed E-state index contributed by atoms with van der Waals surface area (Å²) in [5, 5.41) is 3.00. The number of rotatable bonds is 6. The van der Waals surface area contributed by atoms with Gasteiger partial charge in [0.2, 0.25) is 5.91 Å². The van der Waals surface area contributed by atoms with E-state index in [-0.39, 0.29) is 11.8 Å². The van der Waals surface area contributed by atoms with E-state index in [0.717, 1.165) is 17.5 Å². The summed E-state index contributed by atoms with van der Waals surface area (Å²) in [5.74, 6) is 0.212. The van der Waals surface area contributed by atoms with Crippen LogP contribution in [0.3, 0.4) is 0 Å². The molecule has 0 saturated heterocycles. The first-order valence-corrected chi connectivity index (χ1v) is 9.00. The van der Waals surface area contributed by atoms with E-state index in [4.69, 9.17) is 4.74 Å². The minimum Gasteiger partial charge on any atom is -0.427 e. The fraction of sp³-hybridized carbons (Fsp3) is 0.217. The molecule has 0 aromatic heterocycles. The second kappa shape index (κ2) is 8.04. The van der Waals surface area contributed by atoms with E-state index in [2.05, 4.69) is 24.0 Å². The van der Waals surface area contributed by atoms with Crippen LogP contribution in [0.2, 0.25) is 0 Å². The van der Waals surface area contributed by atoms with Crippen molar-refractivity contribution in [3.05, 3.63) is 77.9 Å². The number of nitrogens with one attached hydrogen (secondary N) is 1. The topological polar surface area (TPSA) is 55.4 Å². The molecule has 4 heteroatoms. The zero-order chi connectivity index (χ0) is 19.4. The van der Waals surface area contributed by atoms with E-state index < -0.39 is 5.97 Å². The molecule has 1 saturated carbocycles. The minimum atomic E-state index is -0.413. The second-order valence-corrected chi connectivity index (χ2v) is 6.67. The van der Waals surface area contributed by atoms with Crippen LogP contribution in [0.1, 0.15) is 42.9 Å². The Bertz CT molecular complexity index is 899. The van der Waals surface area contributed by atoms with Crippen molar-refractivity contribution in [1.29, 1.82) is 0 Å². The standard InChI is InChI=1S/C23H23NO3/c1-4-8-18-13-19(11-12-20(18)15(2)27-16(3)25)24-23(26)22-14-21(22)17-9-6-5-7-10-17/h4-13,21-22H,2,14H2,1,3H3,(H,24,26)/b8-4-/t21-,22?/m0/s1. The Hall–Kier alpha value is -3.14. The van der Waals surface area contributed by atoms with E-state index in [9.17, 15) is 9.59 Å². The van der Waals surface area contributed by atoms with Gasteiger partial charge in [-0.05, 0) is 48.6 Å². The van der Waals surface area contributed by atoms with Crippen LogP contribution in [-0.2, 0) is 14.3 Å². The number of allylic oxidation sites excluding steroid dienone is 1. The Morgan fingerprint density at radius 1 is 1.19 bits per heavy atom. The predicted octanol–water partition coefficient (Wildman–Crippen LogP) is 5.00. The van der Waals surface area contributed by atoms with Crippen LogP contribution in [-0.4, -0.2) is 11.9 Å². The lowest BCUT2D eigenvalue weighted by Gasteiger charge is -2.12. The Labute approximate surface area is 159 Å². The lowest BCUT2D eigenvalue weighted by molar-refractivity contribution is -0.134. The van der Waals surface area contributed by atoms with Crippen LogP contribution < -0.4 is 5.32 Å². The molecular weight excluding hydrogens is 338 g/mol. The number of esters is 1. The second-order valence-electron chi connectivity index (χ2n) is 6.67. The largest absolute Gasteiger partial charge is 0.427 e. The lowest BCUT2D eigenvalue weighted by Crippen LogP contribution is -2.14.